The number of pyridine rings is 1. The monoisotopic (exact) mass is 293 g/mol. The van der Waals surface area contributed by atoms with Crippen LogP contribution in [0.1, 0.15) is 12.0 Å². The lowest BCUT2D eigenvalue weighted by Crippen LogP contribution is -2.07. The van der Waals surface area contributed by atoms with Crippen LogP contribution in [0.2, 0.25) is 10.3 Å². The lowest BCUT2D eigenvalue weighted by atomic mass is 10.3. The standard InChI is InChI=1S/C12H17Cl2NO3/c1-16-5-2-6-17-7-8-18-9-10-3-4-11(13)15-12(10)14/h3-4H,2,5-9H2,1H3. The summed E-state index contributed by atoms with van der Waals surface area (Å²) in [6.45, 7) is 2.88. The van der Waals surface area contributed by atoms with E-state index in [1.807, 2.05) is 0 Å². The summed E-state index contributed by atoms with van der Waals surface area (Å²) >= 11 is 11.6. The third-order valence-electron chi connectivity index (χ3n) is 2.16. The van der Waals surface area contributed by atoms with Crippen LogP contribution in [0.3, 0.4) is 0 Å². The Bertz CT molecular complexity index is 350. The molecule has 1 rings (SSSR count). The van der Waals surface area contributed by atoms with Crippen LogP contribution in [-0.2, 0) is 20.8 Å². The average molecular weight is 294 g/mol. The number of aromatic nitrogens is 1. The van der Waals surface area contributed by atoms with Gasteiger partial charge in [-0.2, -0.15) is 0 Å². The summed E-state index contributed by atoms with van der Waals surface area (Å²) in [5.41, 5.74) is 0.820. The van der Waals surface area contributed by atoms with E-state index in [0.29, 0.717) is 43.3 Å². The molecule has 0 bridgehead atoms. The fourth-order valence-corrected chi connectivity index (χ4v) is 1.66. The second kappa shape index (κ2) is 9.53. The predicted octanol–water partition coefficient (Wildman–Crippen LogP) is 2.96. The minimum absolute atomic E-state index is 0.378. The number of hydrogen-bond donors (Lipinski definition) is 0. The van der Waals surface area contributed by atoms with Gasteiger partial charge in [0, 0.05) is 25.9 Å². The van der Waals surface area contributed by atoms with E-state index in [0.717, 1.165) is 12.0 Å². The summed E-state index contributed by atoms with van der Waals surface area (Å²) in [4.78, 5) is 3.93. The Labute approximate surface area is 117 Å². The zero-order chi connectivity index (χ0) is 13.2. The maximum Gasteiger partial charge on any atom is 0.136 e. The summed E-state index contributed by atoms with van der Waals surface area (Å²) in [5.74, 6) is 0. The van der Waals surface area contributed by atoms with Gasteiger partial charge in [0.2, 0.25) is 0 Å². The van der Waals surface area contributed by atoms with E-state index in [4.69, 9.17) is 37.4 Å². The quantitative estimate of drug-likeness (QED) is 0.518. The van der Waals surface area contributed by atoms with Crippen molar-refractivity contribution in [3.8, 4) is 0 Å². The van der Waals surface area contributed by atoms with Crippen molar-refractivity contribution < 1.29 is 14.2 Å². The van der Waals surface area contributed by atoms with Gasteiger partial charge in [-0.05, 0) is 12.5 Å². The van der Waals surface area contributed by atoms with Crippen LogP contribution >= 0.6 is 23.2 Å². The molecule has 18 heavy (non-hydrogen) atoms. The molecule has 0 aromatic carbocycles. The Morgan fingerprint density at radius 2 is 1.83 bits per heavy atom. The molecule has 0 atom stereocenters. The molecule has 6 heteroatoms. The largest absolute Gasteiger partial charge is 0.385 e. The highest BCUT2D eigenvalue weighted by atomic mass is 35.5. The van der Waals surface area contributed by atoms with Gasteiger partial charge >= 0.3 is 0 Å². The van der Waals surface area contributed by atoms with E-state index >= 15 is 0 Å². The number of hydrogen-bond acceptors (Lipinski definition) is 4. The van der Waals surface area contributed by atoms with Gasteiger partial charge in [-0.25, -0.2) is 4.98 Å². The summed E-state index contributed by atoms with van der Waals surface area (Å²) in [5, 5.41) is 0.758. The van der Waals surface area contributed by atoms with Crippen LogP contribution in [0.15, 0.2) is 12.1 Å². The number of rotatable bonds is 9. The van der Waals surface area contributed by atoms with Gasteiger partial charge in [0.15, 0.2) is 0 Å². The molecule has 0 saturated heterocycles. The second-order valence-corrected chi connectivity index (χ2v) is 4.34. The van der Waals surface area contributed by atoms with Gasteiger partial charge in [-0.15, -0.1) is 0 Å². The molecule has 0 aliphatic heterocycles. The first-order chi connectivity index (χ1) is 8.74. The molecule has 1 aromatic rings. The summed E-state index contributed by atoms with van der Waals surface area (Å²) in [6, 6.07) is 3.49. The summed E-state index contributed by atoms with van der Waals surface area (Å²) < 4.78 is 15.7. The predicted molar refractivity (Wildman–Crippen MR) is 71.2 cm³/mol. The zero-order valence-electron chi connectivity index (χ0n) is 10.3. The maximum atomic E-state index is 5.91. The molecule has 1 heterocycles. The van der Waals surface area contributed by atoms with E-state index in [9.17, 15) is 0 Å². The molecular formula is C12H17Cl2NO3. The van der Waals surface area contributed by atoms with Crippen LogP contribution in [0.25, 0.3) is 0 Å². The van der Waals surface area contributed by atoms with Crippen molar-refractivity contribution in [3.05, 3.63) is 28.0 Å². The zero-order valence-corrected chi connectivity index (χ0v) is 11.8. The highest BCUT2D eigenvalue weighted by molar-refractivity contribution is 6.32. The van der Waals surface area contributed by atoms with Crippen molar-refractivity contribution in [2.24, 2.45) is 0 Å². The summed E-state index contributed by atoms with van der Waals surface area (Å²) in [7, 11) is 1.67. The number of methoxy groups -OCH3 is 1. The van der Waals surface area contributed by atoms with E-state index in [1.165, 1.54) is 0 Å². The van der Waals surface area contributed by atoms with E-state index < -0.39 is 0 Å². The number of nitrogens with zero attached hydrogens (tertiary/aromatic N) is 1. The fraction of sp³-hybridized carbons (Fsp3) is 0.583. The smallest absolute Gasteiger partial charge is 0.136 e. The number of halogens is 2. The lowest BCUT2D eigenvalue weighted by molar-refractivity contribution is 0.0336. The Morgan fingerprint density at radius 3 is 2.56 bits per heavy atom. The third-order valence-corrected chi connectivity index (χ3v) is 2.70. The topological polar surface area (TPSA) is 40.6 Å². The molecule has 0 radical (unpaired) electrons. The average Bonchev–Trinajstić information content (AvgIpc) is 2.35. The Morgan fingerprint density at radius 1 is 1.06 bits per heavy atom. The normalized spacial score (nSPS) is 10.8. The molecule has 102 valence electrons. The maximum absolute atomic E-state index is 5.91. The van der Waals surface area contributed by atoms with E-state index in [1.54, 1.807) is 19.2 Å². The SMILES string of the molecule is COCCCOCCOCc1ccc(Cl)nc1Cl. The van der Waals surface area contributed by atoms with Gasteiger partial charge in [0.25, 0.3) is 0 Å². The fourth-order valence-electron chi connectivity index (χ4n) is 1.26. The molecule has 4 nitrogen and oxygen atoms in total. The minimum atomic E-state index is 0.378. The first-order valence-corrected chi connectivity index (χ1v) is 6.45. The number of ether oxygens (including phenoxy) is 3. The molecule has 0 unspecified atom stereocenters. The third kappa shape index (κ3) is 6.52. The molecule has 0 N–H and O–H groups in total. The Kier molecular flexibility index (Phi) is 8.29. The van der Waals surface area contributed by atoms with Gasteiger partial charge in [-0.3, -0.25) is 0 Å². The molecule has 0 fully saturated rings. The first-order valence-electron chi connectivity index (χ1n) is 5.69. The van der Waals surface area contributed by atoms with Gasteiger partial charge in [0.1, 0.15) is 10.3 Å². The van der Waals surface area contributed by atoms with Gasteiger partial charge in [0.05, 0.1) is 19.8 Å². The van der Waals surface area contributed by atoms with Crippen LogP contribution in [0, 0.1) is 0 Å². The highest BCUT2D eigenvalue weighted by Gasteiger charge is 2.02. The van der Waals surface area contributed by atoms with Crippen molar-refractivity contribution in [1.29, 1.82) is 0 Å². The van der Waals surface area contributed by atoms with Gasteiger partial charge in [-0.1, -0.05) is 29.3 Å². The van der Waals surface area contributed by atoms with Crippen molar-refractivity contribution >= 4 is 23.2 Å². The molecule has 1 aromatic heterocycles. The first kappa shape index (κ1) is 15.7. The molecule has 0 spiro atoms. The molecule has 0 aliphatic carbocycles. The minimum Gasteiger partial charge on any atom is -0.385 e. The van der Waals surface area contributed by atoms with Crippen LogP contribution in [0.5, 0.6) is 0 Å². The Hall–Kier alpha value is -0.390. The van der Waals surface area contributed by atoms with Crippen LogP contribution < -0.4 is 0 Å². The van der Waals surface area contributed by atoms with E-state index in [-0.39, 0.29) is 0 Å². The van der Waals surface area contributed by atoms with Crippen molar-refractivity contribution in [3.63, 3.8) is 0 Å². The van der Waals surface area contributed by atoms with Crippen molar-refractivity contribution in [2.75, 3.05) is 33.5 Å². The Balaban J connectivity index is 2.07. The van der Waals surface area contributed by atoms with Crippen molar-refractivity contribution in [1.82, 2.24) is 4.98 Å². The second-order valence-electron chi connectivity index (χ2n) is 3.60. The molecular weight excluding hydrogens is 277 g/mol. The summed E-state index contributed by atoms with van der Waals surface area (Å²) in [6.07, 6.45) is 0.892. The molecule has 0 aliphatic rings. The van der Waals surface area contributed by atoms with E-state index in [2.05, 4.69) is 4.98 Å². The van der Waals surface area contributed by atoms with Crippen molar-refractivity contribution in [2.45, 2.75) is 13.0 Å². The highest BCUT2D eigenvalue weighted by Crippen LogP contribution is 2.17. The lowest BCUT2D eigenvalue weighted by Gasteiger charge is -2.07. The molecule has 0 amide bonds. The van der Waals surface area contributed by atoms with Gasteiger partial charge < -0.3 is 14.2 Å². The molecule has 0 saturated carbocycles. The van der Waals surface area contributed by atoms with Crippen LogP contribution in [0.4, 0.5) is 0 Å². The van der Waals surface area contributed by atoms with Crippen LogP contribution in [-0.4, -0.2) is 38.5 Å².